The maximum Gasteiger partial charge on any atom is 0.361 e. The number of halogens is 3. The monoisotopic (exact) mass is 419 g/mol. The van der Waals surface area contributed by atoms with E-state index < -0.39 is 23.1 Å². The molecule has 0 atom stereocenters. The summed E-state index contributed by atoms with van der Waals surface area (Å²) in [7, 11) is 0. The summed E-state index contributed by atoms with van der Waals surface area (Å²) in [5.74, 6) is -4.73. The van der Waals surface area contributed by atoms with Crippen molar-refractivity contribution in [2.24, 2.45) is 16.5 Å². The Morgan fingerprint density at radius 2 is 2.00 bits per heavy atom. The Morgan fingerprint density at radius 1 is 1.30 bits per heavy atom. The zero-order valence-corrected chi connectivity index (χ0v) is 16.5. The molecule has 5 N–H and O–H groups in total. The number of allylic oxidation sites excluding steroid dienone is 1. The number of nitrogens with two attached hydrogens (primary N) is 2. The number of hydrogen-bond donors (Lipinski definition) is 2. The molecule has 3 aromatic rings. The van der Waals surface area contributed by atoms with E-state index in [1.54, 1.807) is 19.2 Å². The molecule has 0 saturated heterocycles. The van der Waals surface area contributed by atoms with Gasteiger partial charge >= 0.3 is 11.7 Å². The quantitative estimate of drug-likeness (QED) is 0.454. The number of aromatic nitrogens is 3. The van der Waals surface area contributed by atoms with Gasteiger partial charge in [-0.2, -0.15) is 13.3 Å². The molecular weight excluding hydrogens is 397 g/mol. The van der Waals surface area contributed by atoms with Crippen LogP contribution in [-0.4, -0.2) is 22.1 Å². The number of alkyl halides is 2. The van der Waals surface area contributed by atoms with Gasteiger partial charge in [-0.1, -0.05) is 4.99 Å². The van der Waals surface area contributed by atoms with E-state index >= 15 is 8.78 Å². The molecule has 0 amide bonds. The average Bonchev–Trinajstić information content (AvgIpc) is 3.09. The first-order valence-electron chi connectivity index (χ1n) is 9.15. The van der Waals surface area contributed by atoms with E-state index in [4.69, 9.17) is 16.2 Å². The Hall–Kier alpha value is -3.40. The zero-order chi connectivity index (χ0) is 21.9. The summed E-state index contributed by atoms with van der Waals surface area (Å²) in [5, 5.41) is 4.01. The Labute approximate surface area is 170 Å². The van der Waals surface area contributed by atoms with Crippen molar-refractivity contribution in [1.82, 2.24) is 9.61 Å². The van der Waals surface area contributed by atoms with Crippen molar-refractivity contribution < 1.29 is 22.9 Å². The summed E-state index contributed by atoms with van der Waals surface area (Å²) in [4.78, 5) is 6.75. The van der Waals surface area contributed by atoms with Gasteiger partial charge in [0.2, 0.25) is 5.84 Å². The lowest BCUT2D eigenvalue weighted by atomic mass is 10.1. The van der Waals surface area contributed by atoms with Crippen LogP contribution in [-0.2, 0) is 17.3 Å². The number of amidine groups is 1. The maximum absolute atomic E-state index is 15.1. The van der Waals surface area contributed by atoms with E-state index in [1.165, 1.54) is 10.6 Å². The standard InChI is InChI=1S/C20H21F3N6O/c1-3-30-11-13-9-16-18(26-17(25)8-12(2)24)27-19(28-29(16)10-13)20(22,23)14-4-6-15(21)7-5-14/h4-10H,3,11,24H2,1-2H3,(H2,25,26,27,28)/p+1/b12-8-. The van der Waals surface area contributed by atoms with Crippen LogP contribution >= 0.6 is 0 Å². The minimum atomic E-state index is -3.54. The molecule has 10 heteroatoms. The molecule has 0 aliphatic rings. The Morgan fingerprint density at radius 3 is 2.63 bits per heavy atom. The van der Waals surface area contributed by atoms with Crippen molar-refractivity contribution >= 4 is 17.2 Å². The molecule has 0 saturated carbocycles. The number of benzene rings is 1. The minimum absolute atomic E-state index is 0.0305. The summed E-state index contributed by atoms with van der Waals surface area (Å²) >= 11 is 0. The SMILES string of the molecule is CCOCc1cc2c(N=C(N)/C=C(/C)N)[nH+]c(C(F)(F)c3ccc(F)cc3)nn2c1. The van der Waals surface area contributed by atoms with Gasteiger partial charge in [0, 0.05) is 23.9 Å². The summed E-state index contributed by atoms with van der Waals surface area (Å²) < 4.78 is 50.1. The Kier molecular flexibility index (Phi) is 6.06. The number of fused-ring (bicyclic) bond motifs is 1. The Balaban J connectivity index is 2.17. The molecule has 0 aliphatic carbocycles. The van der Waals surface area contributed by atoms with Gasteiger partial charge in [0.25, 0.3) is 5.82 Å². The molecule has 0 unspecified atom stereocenters. The van der Waals surface area contributed by atoms with Crippen LogP contribution in [0.5, 0.6) is 0 Å². The molecule has 30 heavy (non-hydrogen) atoms. The average molecular weight is 419 g/mol. The highest BCUT2D eigenvalue weighted by atomic mass is 19.3. The summed E-state index contributed by atoms with van der Waals surface area (Å²) in [6, 6.07) is 5.64. The number of ether oxygens (including phenoxy) is 1. The number of nitrogens with zero attached hydrogens (tertiary/aromatic N) is 3. The van der Waals surface area contributed by atoms with Crippen molar-refractivity contribution in [2.75, 3.05) is 6.61 Å². The third-order valence-electron chi connectivity index (χ3n) is 4.14. The van der Waals surface area contributed by atoms with Crippen LogP contribution in [0.1, 0.15) is 30.8 Å². The van der Waals surface area contributed by atoms with Gasteiger partial charge in [-0.15, -0.1) is 0 Å². The largest absolute Gasteiger partial charge is 0.402 e. The lowest BCUT2D eigenvalue weighted by Crippen LogP contribution is -2.30. The molecule has 2 heterocycles. The van der Waals surface area contributed by atoms with Gasteiger partial charge in [-0.25, -0.2) is 9.37 Å². The van der Waals surface area contributed by atoms with Crippen LogP contribution in [0, 0.1) is 5.82 Å². The first-order valence-corrected chi connectivity index (χ1v) is 9.15. The van der Waals surface area contributed by atoms with Crippen LogP contribution < -0.4 is 16.5 Å². The predicted molar refractivity (Wildman–Crippen MR) is 106 cm³/mol. The molecule has 3 rings (SSSR count). The lowest BCUT2D eigenvalue weighted by molar-refractivity contribution is -0.401. The second-order valence-electron chi connectivity index (χ2n) is 6.64. The van der Waals surface area contributed by atoms with Crippen molar-refractivity contribution in [3.05, 3.63) is 71.1 Å². The summed E-state index contributed by atoms with van der Waals surface area (Å²) in [5.41, 5.74) is 12.6. The number of H-pyrrole nitrogens is 1. The van der Waals surface area contributed by atoms with Crippen LogP contribution in [0.25, 0.3) is 5.52 Å². The van der Waals surface area contributed by atoms with Crippen LogP contribution in [0.15, 0.2) is 53.3 Å². The highest BCUT2D eigenvalue weighted by Crippen LogP contribution is 2.33. The molecule has 1 aromatic carbocycles. The molecule has 0 bridgehead atoms. The first kappa shape index (κ1) is 21.3. The summed E-state index contributed by atoms with van der Waals surface area (Å²) in [6.07, 6.45) is 2.98. The molecule has 0 aliphatic heterocycles. The van der Waals surface area contributed by atoms with Gasteiger partial charge in [0.1, 0.15) is 5.82 Å². The van der Waals surface area contributed by atoms with E-state index in [1.807, 2.05) is 6.92 Å². The van der Waals surface area contributed by atoms with Crippen molar-refractivity contribution in [2.45, 2.75) is 26.4 Å². The van der Waals surface area contributed by atoms with Gasteiger partial charge in [-0.3, -0.25) is 0 Å². The van der Waals surface area contributed by atoms with E-state index in [0.717, 1.165) is 29.8 Å². The van der Waals surface area contributed by atoms with Crippen LogP contribution in [0.4, 0.5) is 19.0 Å². The van der Waals surface area contributed by atoms with E-state index in [0.29, 0.717) is 17.8 Å². The van der Waals surface area contributed by atoms with Gasteiger partial charge in [0.05, 0.1) is 12.8 Å². The fraction of sp³-hybridized carbons (Fsp3) is 0.250. The number of rotatable bonds is 7. The maximum atomic E-state index is 15.1. The lowest BCUT2D eigenvalue weighted by Gasteiger charge is -2.12. The second kappa shape index (κ2) is 8.54. The second-order valence-corrected chi connectivity index (χ2v) is 6.64. The molecule has 0 fully saturated rings. The fourth-order valence-corrected chi connectivity index (χ4v) is 2.79. The van der Waals surface area contributed by atoms with Crippen molar-refractivity contribution in [3.8, 4) is 0 Å². The van der Waals surface area contributed by atoms with Gasteiger partial charge in [0.15, 0.2) is 5.52 Å². The van der Waals surface area contributed by atoms with E-state index in [-0.39, 0.29) is 18.3 Å². The van der Waals surface area contributed by atoms with Gasteiger partial charge in [-0.05, 0) is 54.8 Å². The fourth-order valence-electron chi connectivity index (χ4n) is 2.79. The van der Waals surface area contributed by atoms with E-state index in [2.05, 4.69) is 15.1 Å². The van der Waals surface area contributed by atoms with Crippen LogP contribution in [0.3, 0.4) is 0 Å². The predicted octanol–water partition coefficient (Wildman–Crippen LogP) is 2.82. The zero-order valence-electron chi connectivity index (χ0n) is 16.5. The highest BCUT2D eigenvalue weighted by molar-refractivity contribution is 5.94. The molecule has 0 spiro atoms. The molecule has 7 nitrogen and oxygen atoms in total. The first-order chi connectivity index (χ1) is 14.2. The number of aromatic amines is 1. The number of nitrogens with one attached hydrogen (secondary N) is 1. The molecule has 158 valence electrons. The van der Waals surface area contributed by atoms with Crippen LogP contribution in [0.2, 0.25) is 0 Å². The highest BCUT2D eigenvalue weighted by Gasteiger charge is 2.42. The third-order valence-corrected chi connectivity index (χ3v) is 4.14. The smallest absolute Gasteiger partial charge is 0.361 e. The molecular formula is C20H22F3N6O+. The van der Waals surface area contributed by atoms with E-state index in [9.17, 15) is 4.39 Å². The Bertz CT molecular complexity index is 1100. The molecule has 0 radical (unpaired) electrons. The van der Waals surface area contributed by atoms with Crippen molar-refractivity contribution in [1.29, 1.82) is 0 Å². The number of aliphatic imine (C=N–C) groups is 1. The topological polar surface area (TPSA) is 105 Å². The van der Waals surface area contributed by atoms with Gasteiger partial charge < -0.3 is 16.2 Å². The van der Waals surface area contributed by atoms with Crippen molar-refractivity contribution in [3.63, 3.8) is 0 Å². The number of hydrogen-bond acceptors (Lipinski definition) is 4. The normalized spacial score (nSPS) is 13.2. The minimum Gasteiger partial charge on any atom is -0.402 e. The third kappa shape index (κ3) is 4.60. The summed E-state index contributed by atoms with van der Waals surface area (Å²) in [6.45, 7) is 4.25. The molecule has 2 aromatic heterocycles.